The SMILES string of the molecule is CN(C)c1ccc(C(=O)N2CCN(C(=O)c3ccccc3Cl)CC2)cc1. The average molecular weight is 372 g/mol. The average Bonchev–Trinajstić information content (AvgIpc) is 2.67. The summed E-state index contributed by atoms with van der Waals surface area (Å²) in [7, 11) is 3.93. The second kappa shape index (κ2) is 7.79. The Balaban J connectivity index is 1.62. The highest BCUT2D eigenvalue weighted by Gasteiger charge is 2.26. The van der Waals surface area contributed by atoms with Gasteiger partial charge in [-0.3, -0.25) is 9.59 Å². The van der Waals surface area contributed by atoms with Crippen molar-refractivity contribution < 1.29 is 9.59 Å². The molecule has 0 saturated carbocycles. The van der Waals surface area contributed by atoms with Gasteiger partial charge >= 0.3 is 0 Å². The van der Waals surface area contributed by atoms with Crippen molar-refractivity contribution in [3.05, 3.63) is 64.7 Å². The number of benzene rings is 2. The van der Waals surface area contributed by atoms with Crippen molar-refractivity contribution in [1.29, 1.82) is 0 Å². The molecule has 2 aromatic carbocycles. The van der Waals surface area contributed by atoms with E-state index in [9.17, 15) is 9.59 Å². The lowest BCUT2D eigenvalue weighted by atomic mass is 10.1. The van der Waals surface area contributed by atoms with Crippen LogP contribution in [0.3, 0.4) is 0 Å². The Labute approximate surface area is 158 Å². The van der Waals surface area contributed by atoms with Crippen molar-refractivity contribution in [2.45, 2.75) is 0 Å². The summed E-state index contributed by atoms with van der Waals surface area (Å²) in [5.41, 5.74) is 2.23. The Morgan fingerprint density at radius 1 is 0.846 bits per heavy atom. The van der Waals surface area contributed by atoms with Gasteiger partial charge in [0.05, 0.1) is 10.6 Å². The molecule has 1 aliphatic heterocycles. The Hall–Kier alpha value is -2.53. The van der Waals surface area contributed by atoms with E-state index in [4.69, 9.17) is 11.6 Å². The first-order chi connectivity index (χ1) is 12.5. The first-order valence-corrected chi connectivity index (χ1v) is 8.95. The van der Waals surface area contributed by atoms with Crippen molar-refractivity contribution in [2.24, 2.45) is 0 Å². The van der Waals surface area contributed by atoms with Gasteiger partial charge in [0.2, 0.25) is 0 Å². The number of nitrogens with zero attached hydrogens (tertiary/aromatic N) is 3. The standard InChI is InChI=1S/C20H22ClN3O2/c1-22(2)16-9-7-15(8-10-16)19(25)23-11-13-24(14-12-23)20(26)17-5-3-4-6-18(17)21/h3-10H,11-14H2,1-2H3. The lowest BCUT2D eigenvalue weighted by Gasteiger charge is -2.35. The fourth-order valence-electron chi connectivity index (χ4n) is 3.00. The van der Waals surface area contributed by atoms with Crippen LogP contribution in [0.1, 0.15) is 20.7 Å². The van der Waals surface area contributed by atoms with E-state index >= 15 is 0 Å². The van der Waals surface area contributed by atoms with E-state index in [2.05, 4.69) is 0 Å². The monoisotopic (exact) mass is 371 g/mol. The largest absolute Gasteiger partial charge is 0.378 e. The molecule has 1 aliphatic rings. The zero-order chi connectivity index (χ0) is 18.7. The molecule has 1 saturated heterocycles. The van der Waals surface area contributed by atoms with Crippen molar-refractivity contribution in [3.63, 3.8) is 0 Å². The summed E-state index contributed by atoms with van der Waals surface area (Å²) in [6.45, 7) is 2.05. The number of hydrogen-bond acceptors (Lipinski definition) is 3. The molecule has 3 rings (SSSR count). The first-order valence-electron chi connectivity index (χ1n) is 8.58. The van der Waals surface area contributed by atoms with Crippen LogP contribution < -0.4 is 4.90 Å². The Morgan fingerprint density at radius 3 is 1.92 bits per heavy atom. The van der Waals surface area contributed by atoms with Gasteiger partial charge in [0.1, 0.15) is 0 Å². The highest BCUT2D eigenvalue weighted by atomic mass is 35.5. The van der Waals surface area contributed by atoms with Gasteiger partial charge in [-0.1, -0.05) is 23.7 Å². The van der Waals surface area contributed by atoms with E-state index in [-0.39, 0.29) is 11.8 Å². The van der Waals surface area contributed by atoms with Crippen molar-refractivity contribution in [1.82, 2.24) is 9.80 Å². The number of hydrogen-bond donors (Lipinski definition) is 0. The molecule has 0 spiro atoms. The highest BCUT2D eigenvalue weighted by molar-refractivity contribution is 6.33. The maximum Gasteiger partial charge on any atom is 0.255 e. The summed E-state index contributed by atoms with van der Waals surface area (Å²) in [4.78, 5) is 30.8. The van der Waals surface area contributed by atoms with Crippen LogP contribution in [0.2, 0.25) is 5.02 Å². The molecular formula is C20H22ClN3O2. The first kappa shape index (κ1) is 18.3. The van der Waals surface area contributed by atoms with Gasteiger partial charge in [-0.25, -0.2) is 0 Å². The summed E-state index contributed by atoms with van der Waals surface area (Å²) < 4.78 is 0. The minimum Gasteiger partial charge on any atom is -0.378 e. The van der Waals surface area contributed by atoms with Gasteiger partial charge in [0.15, 0.2) is 0 Å². The topological polar surface area (TPSA) is 43.9 Å². The van der Waals surface area contributed by atoms with Crippen molar-refractivity contribution in [3.8, 4) is 0 Å². The molecule has 0 N–H and O–H groups in total. The number of carbonyl (C=O) groups is 2. The second-order valence-electron chi connectivity index (χ2n) is 6.51. The summed E-state index contributed by atoms with van der Waals surface area (Å²) in [5.74, 6) is -0.0850. The molecule has 1 heterocycles. The van der Waals surface area contributed by atoms with Crippen molar-refractivity contribution in [2.75, 3.05) is 45.2 Å². The minimum absolute atomic E-state index is 0.000138. The van der Waals surface area contributed by atoms with Crippen LogP contribution in [-0.2, 0) is 0 Å². The summed E-state index contributed by atoms with van der Waals surface area (Å²) in [6, 6.07) is 14.6. The van der Waals surface area contributed by atoms with E-state index in [1.54, 1.807) is 34.1 Å². The number of carbonyl (C=O) groups excluding carboxylic acids is 2. The quantitative estimate of drug-likeness (QED) is 0.833. The normalized spacial score (nSPS) is 14.3. The molecule has 0 unspecified atom stereocenters. The summed E-state index contributed by atoms with van der Waals surface area (Å²) in [6.07, 6.45) is 0. The molecule has 1 fully saturated rings. The predicted molar refractivity (Wildman–Crippen MR) is 104 cm³/mol. The zero-order valence-electron chi connectivity index (χ0n) is 15.0. The van der Waals surface area contributed by atoms with Crippen LogP contribution in [0.25, 0.3) is 0 Å². The lowest BCUT2D eigenvalue weighted by Crippen LogP contribution is -2.50. The van der Waals surface area contributed by atoms with Crippen LogP contribution in [0.5, 0.6) is 0 Å². The lowest BCUT2D eigenvalue weighted by molar-refractivity contribution is 0.0535. The van der Waals surface area contributed by atoms with Gasteiger partial charge in [-0.15, -0.1) is 0 Å². The minimum atomic E-state index is -0.0852. The smallest absolute Gasteiger partial charge is 0.255 e. The van der Waals surface area contributed by atoms with Crippen LogP contribution in [0.4, 0.5) is 5.69 Å². The molecule has 0 aliphatic carbocycles. The Kier molecular flexibility index (Phi) is 5.47. The van der Waals surface area contributed by atoms with Gasteiger partial charge < -0.3 is 14.7 Å². The molecule has 136 valence electrons. The molecule has 0 radical (unpaired) electrons. The van der Waals surface area contributed by atoms with Gasteiger partial charge in [-0.05, 0) is 36.4 Å². The van der Waals surface area contributed by atoms with E-state index < -0.39 is 0 Å². The number of rotatable bonds is 3. The molecule has 26 heavy (non-hydrogen) atoms. The third-order valence-corrected chi connectivity index (χ3v) is 4.92. The molecule has 6 heteroatoms. The maximum absolute atomic E-state index is 12.7. The van der Waals surface area contributed by atoms with Gasteiger partial charge in [0.25, 0.3) is 11.8 Å². The van der Waals surface area contributed by atoms with Gasteiger partial charge in [0, 0.05) is 51.5 Å². The predicted octanol–water partition coefficient (Wildman–Crippen LogP) is 3.00. The number of amides is 2. The molecular weight excluding hydrogens is 350 g/mol. The second-order valence-corrected chi connectivity index (χ2v) is 6.91. The van der Waals surface area contributed by atoms with Gasteiger partial charge in [-0.2, -0.15) is 0 Å². The zero-order valence-corrected chi connectivity index (χ0v) is 15.7. The molecule has 2 aromatic rings. The van der Waals surface area contributed by atoms with E-state index in [1.165, 1.54) is 0 Å². The molecule has 0 atom stereocenters. The van der Waals surface area contributed by atoms with Crippen LogP contribution in [0.15, 0.2) is 48.5 Å². The fourth-order valence-corrected chi connectivity index (χ4v) is 3.22. The van der Waals surface area contributed by atoms with Crippen LogP contribution >= 0.6 is 11.6 Å². The Morgan fingerprint density at radius 2 is 1.38 bits per heavy atom. The Bertz CT molecular complexity index is 797. The highest BCUT2D eigenvalue weighted by Crippen LogP contribution is 2.19. The number of halogens is 1. The third kappa shape index (κ3) is 3.83. The molecule has 0 bridgehead atoms. The van der Waals surface area contributed by atoms with Crippen molar-refractivity contribution >= 4 is 29.1 Å². The molecule has 0 aromatic heterocycles. The number of anilines is 1. The number of piperazine rings is 1. The van der Waals surface area contributed by atoms with Crippen LogP contribution in [0, 0.1) is 0 Å². The maximum atomic E-state index is 12.7. The fraction of sp³-hybridized carbons (Fsp3) is 0.300. The molecule has 5 nitrogen and oxygen atoms in total. The van der Waals surface area contributed by atoms with E-state index in [0.29, 0.717) is 42.3 Å². The van der Waals surface area contributed by atoms with E-state index in [1.807, 2.05) is 43.3 Å². The van der Waals surface area contributed by atoms with Crippen LogP contribution in [-0.4, -0.2) is 61.9 Å². The van der Waals surface area contributed by atoms with E-state index in [0.717, 1.165) is 5.69 Å². The summed E-state index contributed by atoms with van der Waals surface area (Å²) in [5, 5.41) is 0.456. The third-order valence-electron chi connectivity index (χ3n) is 4.59. The summed E-state index contributed by atoms with van der Waals surface area (Å²) >= 11 is 6.12. The molecule has 2 amide bonds.